The van der Waals surface area contributed by atoms with Crippen LogP contribution < -0.4 is 0 Å². The zero-order chi connectivity index (χ0) is 8.94. The van der Waals surface area contributed by atoms with Crippen molar-refractivity contribution in [2.24, 2.45) is 0 Å². The Bertz CT molecular complexity index is 326. The van der Waals surface area contributed by atoms with Crippen molar-refractivity contribution in [3.8, 4) is 0 Å². The highest BCUT2D eigenvalue weighted by Gasteiger charge is 2.65. The summed E-state index contributed by atoms with van der Waals surface area (Å²) in [7, 11) is 0. The van der Waals surface area contributed by atoms with Crippen LogP contribution in [0.25, 0.3) is 0 Å². The van der Waals surface area contributed by atoms with Crippen LogP contribution in [-0.4, -0.2) is 12.2 Å². The van der Waals surface area contributed by atoms with Crippen LogP contribution in [0, 0.1) is 0 Å². The summed E-state index contributed by atoms with van der Waals surface area (Å²) in [4.78, 5) is 0. The van der Waals surface area contributed by atoms with Gasteiger partial charge in [-0.3, -0.25) is 0 Å². The first-order valence-corrected chi connectivity index (χ1v) is 4.96. The Hall–Kier alpha value is -0.820. The molecule has 0 aromatic heterocycles. The minimum absolute atomic E-state index is 0.231. The maximum Gasteiger partial charge on any atom is 0.0800 e. The first-order chi connectivity index (χ1) is 6.27. The summed E-state index contributed by atoms with van der Waals surface area (Å²) in [5, 5.41) is 0. The molecule has 2 fully saturated rings. The smallest absolute Gasteiger partial charge is 0.0800 e. The maximum atomic E-state index is 5.70. The first kappa shape index (κ1) is 7.57. The van der Waals surface area contributed by atoms with Crippen molar-refractivity contribution in [2.75, 3.05) is 6.61 Å². The normalized spacial score (nSPS) is 34.2. The van der Waals surface area contributed by atoms with E-state index in [2.05, 4.69) is 37.3 Å². The minimum atomic E-state index is 0.231. The molecule has 1 heteroatoms. The van der Waals surface area contributed by atoms with Crippen LogP contribution in [0.15, 0.2) is 30.3 Å². The number of rotatable bonds is 1. The molecule has 0 N–H and O–H groups in total. The molecule has 68 valence electrons. The molecule has 1 aromatic carbocycles. The summed E-state index contributed by atoms with van der Waals surface area (Å²) in [6.45, 7) is 3.23. The molecule has 1 saturated heterocycles. The largest absolute Gasteiger partial charge is 0.373 e. The molecule has 1 heterocycles. The van der Waals surface area contributed by atoms with Crippen molar-refractivity contribution < 1.29 is 4.74 Å². The summed E-state index contributed by atoms with van der Waals surface area (Å²) in [5.74, 6) is 0. The van der Waals surface area contributed by atoms with Gasteiger partial charge in [0.1, 0.15) is 0 Å². The van der Waals surface area contributed by atoms with Crippen LogP contribution in [0.3, 0.4) is 0 Å². The van der Waals surface area contributed by atoms with Gasteiger partial charge >= 0.3 is 0 Å². The first-order valence-electron chi connectivity index (χ1n) is 4.96. The van der Waals surface area contributed by atoms with Gasteiger partial charge in [-0.25, -0.2) is 0 Å². The van der Waals surface area contributed by atoms with E-state index in [0.29, 0.717) is 5.41 Å². The monoisotopic (exact) mass is 174 g/mol. The molecule has 1 spiro atoms. The lowest BCUT2D eigenvalue weighted by molar-refractivity contribution is -0.153. The Morgan fingerprint density at radius 2 is 1.85 bits per heavy atom. The van der Waals surface area contributed by atoms with Gasteiger partial charge in [0.15, 0.2) is 0 Å². The maximum absolute atomic E-state index is 5.70. The molecule has 1 aliphatic carbocycles. The number of benzene rings is 1. The number of ether oxygens (including phenoxy) is 1. The van der Waals surface area contributed by atoms with E-state index in [4.69, 9.17) is 4.74 Å². The Morgan fingerprint density at radius 1 is 1.15 bits per heavy atom. The second-order valence-electron chi connectivity index (χ2n) is 4.48. The van der Waals surface area contributed by atoms with Gasteiger partial charge in [-0.1, -0.05) is 37.3 Å². The van der Waals surface area contributed by atoms with Gasteiger partial charge in [-0.15, -0.1) is 0 Å². The lowest BCUT2D eigenvalue weighted by Gasteiger charge is -2.48. The van der Waals surface area contributed by atoms with E-state index in [1.807, 2.05) is 0 Å². The van der Waals surface area contributed by atoms with Crippen LogP contribution in [0.2, 0.25) is 0 Å². The van der Waals surface area contributed by atoms with Gasteiger partial charge in [-0.2, -0.15) is 0 Å². The fraction of sp³-hybridized carbons (Fsp3) is 0.500. The van der Waals surface area contributed by atoms with Crippen LogP contribution in [-0.2, 0) is 10.2 Å². The zero-order valence-electron chi connectivity index (χ0n) is 7.92. The summed E-state index contributed by atoms with van der Waals surface area (Å²) in [5.41, 5.74) is 1.97. The van der Waals surface area contributed by atoms with E-state index in [9.17, 15) is 0 Å². The van der Waals surface area contributed by atoms with Crippen LogP contribution in [0.1, 0.15) is 25.3 Å². The van der Waals surface area contributed by atoms with Crippen LogP contribution >= 0.6 is 0 Å². The third-order valence-electron chi connectivity index (χ3n) is 3.76. The van der Waals surface area contributed by atoms with Gasteiger partial charge in [0, 0.05) is 5.41 Å². The standard InChI is InChI=1S/C12H14O/c1-11(9-13-12(11)7-8-12)10-5-3-2-4-6-10/h2-6H,7-9H2,1H3. The average Bonchev–Trinajstić information content (AvgIpc) is 2.98. The predicted molar refractivity (Wildman–Crippen MR) is 51.7 cm³/mol. The highest BCUT2D eigenvalue weighted by molar-refractivity contribution is 5.36. The lowest BCUT2D eigenvalue weighted by Crippen LogP contribution is -2.55. The van der Waals surface area contributed by atoms with E-state index < -0.39 is 0 Å². The molecular weight excluding hydrogens is 160 g/mol. The van der Waals surface area contributed by atoms with Gasteiger partial charge < -0.3 is 4.74 Å². The van der Waals surface area contributed by atoms with Crippen molar-refractivity contribution in [1.82, 2.24) is 0 Å². The molecule has 1 aromatic rings. The Labute approximate surface area is 78.7 Å². The second kappa shape index (κ2) is 2.16. The molecule has 13 heavy (non-hydrogen) atoms. The van der Waals surface area contributed by atoms with Crippen LogP contribution in [0.4, 0.5) is 0 Å². The second-order valence-corrected chi connectivity index (χ2v) is 4.48. The minimum Gasteiger partial charge on any atom is -0.373 e. The van der Waals surface area contributed by atoms with E-state index in [1.165, 1.54) is 18.4 Å². The summed E-state index contributed by atoms with van der Waals surface area (Å²) in [6.07, 6.45) is 2.50. The third kappa shape index (κ3) is 0.806. The SMILES string of the molecule is CC1(c2ccccc2)COC12CC2. The fourth-order valence-electron chi connectivity index (χ4n) is 2.45. The molecule has 3 rings (SSSR count). The molecule has 1 nitrogen and oxygen atoms in total. The third-order valence-corrected chi connectivity index (χ3v) is 3.76. The van der Waals surface area contributed by atoms with E-state index in [0.717, 1.165) is 6.61 Å². The van der Waals surface area contributed by atoms with Gasteiger partial charge in [-0.05, 0) is 18.4 Å². The molecule has 1 saturated carbocycles. The molecular formula is C12H14O. The van der Waals surface area contributed by atoms with Crippen molar-refractivity contribution in [3.63, 3.8) is 0 Å². The molecule has 0 bridgehead atoms. The topological polar surface area (TPSA) is 9.23 Å². The summed E-state index contributed by atoms with van der Waals surface area (Å²) in [6, 6.07) is 10.8. The van der Waals surface area contributed by atoms with E-state index >= 15 is 0 Å². The molecule has 2 aliphatic rings. The van der Waals surface area contributed by atoms with Gasteiger partial charge in [0.2, 0.25) is 0 Å². The highest BCUT2D eigenvalue weighted by Crippen LogP contribution is 2.61. The summed E-state index contributed by atoms with van der Waals surface area (Å²) >= 11 is 0. The Morgan fingerprint density at radius 3 is 2.31 bits per heavy atom. The molecule has 1 unspecified atom stereocenters. The van der Waals surface area contributed by atoms with Gasteiger partial charge in [0.25, 0.3) is 0 Å². The van der Waals surface area contributed by atoms with Crippen molar-refractivity contribution in [3.05, 3.63) is 35.9 Å². The fourth-order valence-corrected chi connectivity index (χ4v) is 2.45. The summed E-state index contributed by atoms with van der Waals surface area (Å²) < 4.78 is 5.70. The predicted octanol–water partition coefficient (Wildman–Crippen LogP) is 2.51. The molecule has 0 amide bonds. The zero-order valence-corrected chi connectivity index (χ0v) is 7.92. The molecule has 1 atom stereocenters. The Kier molecular flexibility index (Phi) is 1.26. The van der Waals surface area contributed by atoms with Gasteiger partial charge in [0.05, 0.1) is 12.2 Å². The quantitative estimate of drug-likeness (QED) is 0.635. The van der Waals surface area contributed by atoms with E-state index in [1.54, 1.807) is 0 Å². The van der Waals surface area contributed by atoms with Crippen molar-refractivity contribution in [2.45, 2.75) is 30.8 Å². The van der Waals surface area contributed by atoms with Crippen molar-refractivity contribution in [1.29, 1.82) is 0 Å². The van der Waals surface area contributed by atoms with E-state index in [-0.39, 0.29) is 5.60 Å². The van der Waals surface area contributed by atoms with Crippen molar-refractivity contribution >= 4 is 0 Å². The number of hydrogen-bond donors (Lipinski definition) is 0. The lowest BCUT2D eigenvalue weighted by atomic mass is 9.72. The highest BCUT2D eigenvalue weighted by atomic mass is 16.5. The van der Waals surface area contributed by atoms with Crippen LogP contribution in [0.5, 0.6) is 0 Å². The molecule has 1 aliphatic heterocycles. The Balaban J connectivity index is 2.01. The number of hydrogen-bond acceptors (Lipinski definition) is 1. The molecule has 0 radical (unpaired) electrons. The average molecular weight is 174 g/mol.